The second-order valence-corrected chi connectivity index (χ2v) is 8.04. The smallest absolute Gasteiger partial charge is 0.261 e. The van der Waals surface area contributed by atoms with Gasteiger partial charge in [0.1, 0.15) is 0 Å². The number of carbonyl (C=O) groups is 1. The summed E-state index contributed by atoms with van der Waals surface area (Å²) in [5, 5.41) is 18.4. The SMILES string of the molecule is CC(=O)N/N=C(/C[C@H]1NCCCC1O)Cn1cnc2cc(Br)c(Cl)cc2c1=O. The highest BCUT2D eigenvalue weighted by Crippen LogP contribution is 2.25. The van der Waals surface area contributed by atoms with Gasteiger partial charge in [0.05, 0.1) is 40.6 Å². The molecule has 1 fully saturated rings. The minimum atomic E-state index is -0.501. The number of nitrogens with zero attached hydrogens (tertiary/aromatic N) is 3. The van der Waals surface area contributed by atoms with Crippen molar-refractivity contribution in [3.63, 3.8) is 0 Å². The fraction of sp³-hybridized carbons (Fsp3) is 0.444. The first-order valence-electron chi connectivity index (χ1n) is 8.93. The predicted molar refractivity (Wildman–Crippen MR) is 112 cm³/mol. The maximum atomic E-state index is 12.9. The van der Waals surface area contributed by atoms with Gasteiger partial charge in [0.2, 0.25) is 5.91 Å². The van der Waals surface area contributed by atoms with E-state index in [0.29, 0.717) is 39.0 Å². The number of piperidine rings is 1. The zero-order valence-electron chi connectivity index (χ0n) is 15.3. The molecule has 28 heavy (non-hydrogen) atoms. The fourth-order valence-corrected chi connectivity index (χ4v) is 3.66. The molecule has 1 aliphatic rings. The van der Waals surface area contributed by atoms with Crippen LogP contribution in [-0.2, 0) is 11.3 Å². The molecule has 0 spiro atoms. The Bertz CT molecular complexity index is 978. The zero-order chi connectivity index (χ0) is 20.3. The molecule has 1 saturated heterocycles. The van der Waals surface area contributed by atoms with Gasteiger partial charge in [0.15, 0.2) is 0 Å². The quantitative estimate of drug-likeness (QED) is 0.456. The monoisotopic (exact) mass is 469 g/mol. The maximum Gasteiger partial charge on any atom is 0.261 e. The van der Waals surface area contributed by atoms with Crippen molar-refractivity contribution in [1.29, 1.82) is 0 Å². The van der Waals surface area contributed by atoms with Gasteiger partial charge < -0.3 is 10.4 Å². The molecule has 1 amide bonds. The topological polar surface area (TPSA) is 109 Å². The number of fused-ring (bicyclic) bond motifs is 1. The molecule has 150 valence electrons. The number of hydrogen-bond acceptors (Lipinski definition) is 6. The van der Waals surface area contributed by atoms with Crippen molar-refractivity contribution in [3.8, 4) is 0 Å². The molecule has 3 N–H and O–H groups in total. The van der Waals surface area contributed by atoms with Gasteiger partial charge in [-0.3, -0.25) is 14.2 Å². The van der Waals surface area contributed by atoms with E-state index in [1.807, 2.05) is 0 Å². The number of aromatic nitrogens is 2. The molecule has 1 aromatic carbocycles. The van der Waals surface area contributed by atoms with Crippen LogP contribution in [0, 0.1) is 0 Å². The van der Waals surface area contributed by atoms with Crippen molar-refractivity contribution in [2.45, 2.75) is 44.9 Å². The molecule has 2 aromatic rings. The van der Waals surface area contributed by atoms with Crippen molar-refractivity contribution in [1.82, 2.24) is 20.3 Å². The van der Waals surface area contributed by atoms with Crippen molar-refractivity contribution >= 4 is 50.1 Å². The summed E-state index contributed by atoms with van der Waals surface area (Å²) in [4.78, 5) is 28.5. The fourth-order valence-electron chi connectivity index (χ4n) is 3.16. The number of nitrogens with one attached hydrogen (secondary N) is 2. The van der Waals surface area contributed by atoms with Gasteiger partial charge >= 0.3 is 0 Å². The number of hydrogen-bond donors (Lipinski definition) is 3. The number of benzene rings is 1. The summed E-state index contributed by atoms with van der Waals surface area (Å²) >= 11 is 9.44. The summed E-state index contributed by atoms with van der Waals surface area (Å²) in [5.74, 6) is -0.310. The lowest BCUT2D eigenvalue weighted by atomic mass is 9.96. The number of amides is 1. The summed E-state index contributed by atoms with van der Waals surface area (Å²) in [6.45, 7) is 2.30. The molecule has 2 heterocycles. The van der Waals surface area contributed by atoms with Crippen LogP contribution < -0.4 is 16.3 Å². The van der Waals surface area contributed by atoms with E-state index in [9.17, 15) is 14.7 Å². The Hall–Kier alpha value is -1.81. The zero-order valence-corrected chi connectivity index (χ0v) is 17.6. The average molecular weight is 471 g/mol. The minimum absolute atomic E-state index is 0.140. The van der Waals surface area contributed by atoms with Gasteiger partial charge in [0.25, 0.3) is 5.56 Å². The van der Waals surface area contributed by atoms with Crippen LogP contribution in [-0.4, -0.2) is 45.0 Å². The number of hydrazone groups is 1. The summed E-state index contributed by atoms with van der Waals surface area (Å²) < 4.78 is 2.08. The minimum Gasteiger partial charge on any atom is -0.391 e. The number of rotatable bonds is 5. The molecule has 1 aromatic heterocycles. The molecule has 0 bridgehead atoms. The Morgan fingerprint density at radius 2 is 2.32 bits per heavy atom. The van der Waals surface area contributed by atoms with E-state index >= 15 is 0 Å². The number of aliphatic hydroxyl groups is 1. The van der Waals surface area contributed by atoms with Gasteiger partial charge in [-0.25, -0.2) is 10.4 Å². The molecule has 8 nitrogen and oxygen atoms in total. The summed E-state index contributed by atoms with van der Waals surface area (Å²) in [7, 11) is 0. The van der Waals surface area contributed by atoms with Crippen molar-refractivity contribution in [3.05, 3.63) is 38.3 Å². The van der Waals surface area contributed by atoms with Crippen molar-refractivity contribution in [2.24, 2.45) is 5.10 Å². The van der Waals surface area contributed by atoms with E-state index in [2.05, 4.69) is 36.8 Å². The lowest BCUT2D eigenvalue weighted by molar-refractivity contribution is -0.118. The van der Waals surface area contributed by atoms with Crippen LogP contribution in [0.4, 0.5) is 0 Å². The maximum absolute atomic E-state index is 12.9. The first kappa shape index (κ1) is 20.9. The van der Waals surface area contributed by atoms with E-state index in [1.165, 1.54) is 17.8 Å². The highest BCUT2D eigenvalue weighted by atomic mass is 79.9. The van der Waals surface area contributed by atoms with E-state index in [1.54, 1.807) is 12.1 Å². The van der Waals surface area contributed by atoms with Crippen LogP contribution in [0.5, 0.6) is 0 Å². The van der Waals surface area contributed by atoms with Gasteiger partial charge in [-0.1, -0.05) is 11.6 Å². The van der Waals surface area contributed by atoms with Gasteiger partial charge in [-0.2, -0.15) is 5.10 Å². The van der Waals surface area contributed by atoms with Crippen LogP contribution in [0.2, 0.25) is 5.02 Å². The van der Waals surface area contributed by atoms with Crippen molar-refractivity contribution in [2.75, 3.05) is 6.54 Å². The molecule has 1 unspecified atom stereocenters. The predicted octanol–water partition coefficient (Wildman–Crippen LogP) is 1.81. The Labute approximate surface area is 175 Å². The van der Waals surface area contributed by atoms with E-state index < -0.39 is 6.10 Å². The van der Waals surface area contributed by atoms with Crippen LogP contribution >= 0.6 is 27.5 Å². The molecule has 1 aliphatic heterocycles. The third-order valence-corrected chi connectivity index (χ3v) is 5.79. The summed E-state index contributed by atoms with van der Waals surface area (Å²) in [5.41, 5.74) is 3.25. The Balaban J connectivity index is 1.90. The van der Waals surface area contributed by atoms with E-state index in [4.69, 9.17) is 11.6 Å². The highest BCUT2D eigenvalue weighted by Gasteiger charge is 2.24. The Kier molecular flexibility index (Phi) is 6.82. The first-order valence-corrected chi connectivity index (χ1v) is 10.1. The van der Waals surface area contributed by atoms with E-state index in [-0.39, 0.29) is 24.1 Å². The normalized spacial score (nSPS) is 20.4. The molecule has 3 rings (SSSR count). The largest absolute Gasteiger partial charge is 0.391 e. The number of aliphatic hydroxyl groups excluding tert-OH is 1. The van der Waals surface area contributed by atoms with Crippen molar-refractivity contribution < 1.29 is 9.90 Å². The lowest BCUT2D eigenvalue weighted by Gasteiger charge is -2.29. The molecule has 0 saturated carbocycles. The molecular weight excluding hydrogens is 450 g/mol. The standard InChI is InChI=1S/C18H21BrClN5O3/c1-10(26)23-24-11(5-16-17(27)3-2-4-21-16)8-25-9-22-15-7-13(19)14(20)6-12(15)18(25)28/h6-7,9,16-17,21,27H,2-5,8H2,1H3,(H,23,26)/b24-11-/t16-,17?/m1/s1. The number of halogens is 2. The molecule has 2 atom stereocenters. The van der Waals surface area contributed by atoms with Gasteiger partial charge in [-0.05, 0) is 47.4 Å². The third kappa shape index (κ3) is 4.96. The average Bonchev–Trinajstić information content (AvgIpc) is 2.65. The van der Waals surface area contributed by atoms with Crippen LogP contribution in [0.3, 0.4) is 0 Å². The summed E-state index contributed by atoms with van der Waals surface area (Å²) in [6.07, 6.45) is 2.95. The number of carbonyl (C=O) groups excluding carboxylic acids is 1. The lowest BCUT2D eigenvalue weighted by Crippen LogP contribution is -2.46. The Morgan fingerprint density at radius 3 is 3.04 bits per heavy atom. The van der Waals surface area contributed by atoms with E-state index in [0.717, 1.165) is 13.0 Å². The molecule has 0 radical (unpaired) electrons. The second kappa shape index (κ2) is 9.13. The van der Waals surface area contributed by atoms with Crippen LogP contribution in [0.15, 0.2) is 32.8 Å². The van der Waals surface area contributed by atoms with Gasteiger partial charge in [-0.15, -0.1) is 0 Å². The van der Waals surface area contributed by atoms with Crippen LogP contribution in [0.1, 0.15) is 26.2 Å². The van der Waals surface area contributed by atoms with Crippen LogP contribution in [0.25, 0.3) is 10.9 Å². The third-order valence-electron chi connectivity index (χ3n) is 4.59. The second-order valence-electron chi connectivity index (χ2n) is 6.78. The highest BCUT2D eigenvalue weighted by molar-refractivity contribution is 9.10. The summed E-state index contributed by atoms with van der Waals surface area (Å²) in [6, 6.07) is 3.08. The molecule has 10 heteroatoms. The van der Waals surface area contributed by atoms with Gasteiger partial charge in [0, 0.05) is 23.9 Å². The molecule has 0 aliphatic carbocycles. The Morgan fingerprint density at radius 1 is 1.54 bits per heavy atom. The molecular formula is C18H21BrClN5O3. The first-order chi connectivity index (χ1) is 13.3.